The molecule has 0 unspecified atom stereocenters. The fourth-order valence-corrected chi connectivity index (χ4v) is 1.91. The van der Waals surface area contributed by atoms with Gasteiger partial charge >= 0.3 is 12.1 Å². The normalized spacial score (nSPS) is 11.4. The highest BCUT2D eigenvalue weighted by atomic mass is 16.6. The highest BCUT2D eigenvalue weighted by Crippen LogP contribution is 2.19. The minimum absolute atomic E-state index is 0.0928. The maximum absolute atomic E-state index is 12.4. The van der Waals surface area contributed by atoms with Gasteiger partial charge < -0.3 is 9.47 Å². The zero-order valence-corrected chi connectivity index (χ0v) is 12.5. The van der Waals surface area contributed by atoms with Gasteiger partial charge in [0.1, 0.15) is 17.8 Å². The molecule has 1 aromatic heterocycles. The monoisotopic (exact) mass is 290 g/mol. The van der Waals surface area contributed by atoms with Crippen LogP contribution in [-0.2, 0) is 20.7 Å². The number of nitrogens with zero attached hydrogens (tertiary/aromatic N) is 2. The van der Waals surface area contributed by atoms with Crippen LogP contribution in [0.15, 0.2) is 24.3 Å². The third-order valence-corrected chi connectivity index (χ3v) is 2.74. The van der Waals surface area contributed by atoms with Crippen LogP contribution >= 0.6 is 0 Å². The van der Waals surface area contributed by atoms with Gasteiger partial charge in [-0.05, 0) is 32.9 Å². The highest BCUT2D eigenvalue weighted by molar-refractivity contribution is 5.88. The molecule has 6 nitrogen and oxygen atoms in total. The number of esters is 1. The average molecular weight is 290 g/mol. The smallest absolute Gasteiger partial charge is 0.420 e. The lowest BCUT2D eigenvalue weighted by Crippen LogP contribution is -2.28. The van der Waals surface area contributed by atoms with Crippen molar-refractivity contribution >= 4 is 23.1 Å². The molecule has 0 atom stereocenters. The van der Waals surface area contributed by atoms with E-state index in [1.54, 1.807) is 39.0 Å². The summed E-state index contributed by atoms with van der Waals surface area (Å²) in [7, 11) is 1.29. The zero-order chi connectivity index (χ0) is 15.6. The van der Waals surface area contributed by atoms with Gasteiger partial charge in [0, 0.05) is 0 Å². The molecule has 6 heteroatoms. The molecule has 0 saturated carbocycles. The summed E-state index contributed by atoms with van der Waals surface area (Å²) in [6, 6.07) is 7.15. The summed E-state index contributed by atoms with van der Waals surface area (Å²) in [6.45, 7) is 5.35. The molecular weight excluding hydrogens is 272 g/mol. The second-order valence-electron chi connectivity index (χ2n) is 5.59. The van der Waals surface area contributed by atoms with Gasteiger partial charge in [0.2, 0.25) is 0 Å². The molecule has 21 heavy (non-hydrogen) atoms. The Morgan fingerprint density at radius 1 is 1.24 bits per heavy atom. The second-order valence-corrected chi connectivity index (χ2v) is 5.59. The molecule has 0 N–H and O–H groups in total. The van der Waals surface area contributed by atoms with Crippen molar-refractivity contribution in [1.82, 2.24) is 9.55 Å². The first kappa shape index (κ1) is 15.0. The lowest BCUT2D eigenvalue weighted by Gasteiger charge is -2.20. The van der Waals surface area contributed by atoms with Crippen LogP contribution in [0.1, 0.15) is 26.6 Å². The summed E-state index contributed by atoms with van der Waals surface area (Å²) in [5.41, 5.74) is 0.596. The van der Waals surface area contributed by atoms with Crippen molar-refractivity contribution in [2.45, 2.75) is 32.8 Å². The molecule has 0 saturated heterocycles. The van der Waals surface area contributed by atoms with Crippen LogP contribution < -0.4 is 0 Å². The van der Waals surface area contributed by atoms with Crippen LogP contribution in [-0.4, -0.2) is 34.3 Å². The molecular formula is C15H18N2O4. The van der Waals surface area contributed by atoms with Crippen LogP contribution in [0.5, 0.6) is 0 Å². The third kappa shape index (κ3) is 3.39. The number of hydrogen-bond donors (Lipinski definition) is 0. The van der Waals surface area contributed by atoms with Crippen molar-refractivity contribution in [3.63, 3.8) is 0 Å². The second kappa shape index (κ2) is 5.55. The van der Waals surface area contributed by atoms with Crippen molar-refractivity contribution in [1.29, 1.82) is 0 Å². The Balaban J connectivity index is 2.50. The SMILES string of the molecule is COC(=O)Cc1nc2ccccc2n1C(=O)OC(C)(C)C. The highest BCUT2D eigenvalue weighted by Gasteiger charge is 2.24. The van der Waals surface area contributed by atoms with Gasteiger partial charge in [-0.3, -0.25) is 4.79 Å². The van der Waals surface area contributed by atoms with E-state index in [2.05, 4.69) is 9.72 Å². The maximum atomic E-state index is 12.4. The first-order chi connectivity index (χ1) is 9.81. The van der Waals surface area contributed by atoms with E-state index in [1.165, 1.54) is 11.7 Å². The number of fused-ring (bicyclic) bond motifs is 1. The molecule has 2 rings (SSSR count). The van der Waals surface area contributed by atoms with Crippen molar-refractivity contribution in [2.75, 3.05) is 7.11 Å². The summed E-state index contributed by atoms with van der Waals surface area (Å²) in [5, 5.41) is 0. The molecule has 112 valence electrons. The van der Waals surface area contributed by atoms with Crippen LogP contribution in [0.4, 0.5) is 4.79 Å². The van der Waals surface area contributed by atoms with E-state index >= 15 is 0 Å². The summed E-state index contributed by atoms with van der Waals surface area (Å²) >= 11 is 0. The predicted molar refractivity (Wildman–Crippen MR) is 77.1 cm³/mol. The molecule has 0 amide bonds. The lowest BCUT2D eigenvalue weighted by atomic mass is 10.2. The molecule has 0 bridgehead atoms. The van der Waals surface area contributed by atoms with Crippen LogP contribution in [0, 0.1) is 0 Å². The van der Waals surface area contributed by atoms with Crippen LogP contribution in [0.25, 0.3) is 11.0 Å². The third-order valence-electron chi connectivity index (χ3n) is 2.74. The standard InChI is InChI=1S/C15H18N2O4/c1-15(2,3)21-14(19)17-11-8-6-5-7-10(11)16-12(17)9-13(18)20-4/h5-8H,9H2,1-4H3. The summed E-state index contributed by atoms with van der Waals surface area (Å²) in [5.74, 6) is -0.160. The minimum Gasteiger partial charge on any atom is -0.469 e. The lowest BCUT2D eigenvalue weighted by molar-refractivity contribution is -0.139. The first-order valence-electron chi connectivity index (χ1n) is 6.58. The largest absolute Gasteiger partial charge is 0.469 e. The number of carbonyl (C=O) groups excluding carboxylic acids is 2. The Bertz CT molecular complexity index is 683. The van der Waals surface area contributed by atoms with E-state index in [9.17, 15) is 9.59 Å². The van der Waals surface area contributed by atoms with Gasteiger partial charge in [0.05, 0.1) is 18.1 Å². The Morgan fingerprint density at radius 2 is 1.90 bits per heavy atom. The fraction of sp³-hybridized carbons (Fsp3) is 0.400. The number of benzene rings is 1. The number of hydrogen-bond acceptors (Lipinski definition) is 5. The van der Waals surface area contributed by atoms with Crippen molar-refractivity contribution in [2.24, 2.45) is 0 Å². The topological polar surface area (TPSA) is 70.4 Å². The maximum Gasteiger partial charge on any atom is 0.420 e. The molecule has 2 aromatic rings. The Hall–Kier alpha value is -2.37. The van der Waals surface area contributed by atoms with E-state index in [4.69, 9.17) is 4.74 Å². The van der Waals surface area contributed by atoms with Crippen LogP contribution in [0.2, 0.25) is 0 Å². The van der Waals surface area contributed by atoms with E-state index < -0.39 is 17.7 Å². The molecule has 1 heterocycles. The molecule has 0 aliphatic rings. The van der Waals surface area contributed by atoms with Crippen molar-refractivity contribution in [3.8, 4) is 0 Å². The van der Waals surface area contributed by atoms with Crippen LogP contribution in [0.3, 0.4) is 0 Å². The van der Waals surface area contributed by atoms with Crippen molar-refractivity contribution in [3.05, 3.63) is 30.1 Å². The minimum atomic E-state index is -0.634. The number of carbonyl (C=O) groups is 2. The quantitative estimate of drug-likeness (QED) is 0.795. The summed E-state index contributed by atoms with van der Waals surface area (Å²) < 4.78 is 11.3. The number of imidazole rings is 1. The molecule has 1 aromatic carbocycles. The Kier molecular flexibility index (Phi) is 3.97. The van der Waals surface area contributed by atoms with Gasteiger partial charge in [-0.2, -0.15) is 0 Å². The summed E-state index contributed by atoms with van der Waals surface area (Å²) in [4.78, 5) is 28.2. The van der Waals surface area contributed by atoms with E-state index in [0.717, 1.165) is 0 Å². The average Bonchev–Trinajstić information content (AvgIpc) is 2.74. The predicted octanol–water partition coefficient (Wildman–Crippen LogP) is 2.54. The molecule has 0 spiro atoms. The number of aromatic nitrogens is 2. The van der Waals surface area contributed by atoms with Gasteiger partial charge in [-0.15, -0.1) is 0 Å². The van der Waals surface area contributed by atoms with Gasteiger partial charge in [-0.25, -0.2) is 14.3 Å². The number of rotatable bonds is 2. The van der Waals surface area contributed by atoms with Gasteiger partial charge in [0.25, 0.3) is 0 Å². The van der Waals surface area contributed by atoms with E-state index in [0.29, 0.717) is 16.9 Å². The van der Waals surface area contributed by atoms with E-state index in [1.807, 2.05) is 6.07 Å². The summed E-state index contributed by atoms with van der Waals surface area (Å²) in [6.07, 6.45) is -0.653. The first-order valence-corrected chi connectivity index (χ1v) is 6.58. The molecule has 0 fully saturated rings. The Morgan fingerprint density at radius 3 is 2.52 bits per heavy atom. The number of methoxy groups -OCH3 is 1. The number of para-hydroxylation sites is 2. The Labute approximate surface area is 122 Å². The van der Waals surface area contributed by atoms with Gasteiger partial charge in [-0.1, -0.05) is 12.1 Å². The number of ether oxygens (including phenoxy) is 2. The zero-order valence-electron chi connectivity index (χ0n) is 12.5. The van der Waals surface area contributed by atoms with Crippen molar-refractivity contribution < 1.29 is 19.1 Å². The molecule has 0 aliphatic carbocycles. The van der Waals surface area contributed by atoms with Gasteiger partial charge in [0.15, 0.2) is 0 Å². The van der Waals surface area contributed by atoms with E-state index in [-0.39, 0.29) is 6.42 Å². The molecule has 0 aliphatic heterocycles. The molecule has 0 radical (unpaired) electrons. The fourth-order valence-electron chi connectivity index (χ4n) is 1.91.